The lowest BCUT2D eigenvalue weighted by atomic mass is 10.0. The van der Waals surface area contributed by atoms with E-state index in [4.69, 9.17) is 9.47 Å². The van der Waals surface area contributed by atoms with Gasteiger partial charge in [0.05, 0.1) is 23.3 Å². The van der Waals surface area contributed by atoms with Gasteiger partial charge in [0.2, 0.25) is 0 Å². The van der Waals surface area contributed by atoms with Gasteiger partial charge >= 0.3 is 10.2 Å². The zero-order chi connectivity index (χ0) is 24.0. The standard InChI is InChI=1S/C22H24FN5O5S/c1-26(2)34(30,31)25-22(29)17-13-24-28-7-5-15(12-19(17)28)27-6-3-4-18(27)16-10-14(23)11-20-21(16)33-9-8-32-20/h5,7,10-13,18H,3-4,6,8-9H2,1-2H3,(H,25,29). The first-order valence-electron chi connectivity index (χ1n) is 10.8. The molecular formula is C22H24FN5O5S. The predicted octanol–water partition coefficient (Wildman–Crippen LogP) is 2.12. The number of aromatic nitrogens is 2. The highest BCUT2D eigenvalue weighted by Crippen LogP contribution is 2.45. The van der Waals surface area contributed by atoms with Crippen LogP contribution in [0, 0.1) is 5.82 Å². The Morgan fingerprint density at radius 1 is 1.24 bits per heavy atom. The molecule has 1 N–H and O–H groups in total. The Labute approximate surface area is 196 Å². The van der Waals surface area contributed by atoms with Crippen LogP contribution in [-0.4, -0.2) is 62.1 Å². The minimum Gasteiger partial charge on any atom is -0.486 e. The van der Waals surface area contributed by atoms with E-state index in [0.29, 0.717) is 30.2 Å². The number of hydrogen-bond acceptors (Lipinski definition) is 7. The van der Waals surface area contributed by atoms with Gasteiger partial charge in [-0.15, -0.1) is 0 Å². The van der Waals surface area contributed by atoms with Gasteiger partial charge < -0.3 is 14.4 Å². The number of carbonyl (C=O) groups excluding carboxylic acids is 1. The van der Waals surface area contributed by atoms with E-state index in [-0.39, 0.29) is 11.6 Å². The van der Waals surface area contributed by atoms with Crippen molar-refractivity contribution in [2.45, 2.75) is 18.9 Å². The summed E-state index contributed by atoms with van der Waals surface area (Å²) in [5.74, 6) is -0.202. The molecule has 0 radical (unpaired) electrons. The van der Waals surface area contributed by atoms with E-state index >= 15 is 0 Å². The van der Waals surface area contributed by atoms with Crippen molar-refractivity contribution in [1.29, 1.82) is 0 Å². The first-order valence-corrected chi connectivity index (χ1v) is 12.3. The van der Waals surface area contributed by atoms with E-state index in [9.17, 15) is 17.6 Å². The molecule has 1 atom stereocenters. The number of nitrogens with zero attached hydrogens (tertiary/aromatic N) is 4. The molecule has 1 fully saturated rings. The molecule has 0 bridgehead atoms. The molecule has 1 aromatic carbocycles. The Bertz CT molecular complexity index is 1370. The smallest absolute Gasteiger partial charge is 0.303 e. The van der Waals surface area contributed by atoms with Gasteiger partial charge in [0.25, 0.3) is 5.91 Å². The van der Waals surface area contributed by atoms with E-state index in [0.717, 1.165) is 34.9 Å². The van der Waals surface area contributed by atoms with E-state index < -0.39 is 21.9 Å². The third-order valence-corrected chi connectivity index (χ3v) is 7.44. The number of ether oxygens (including phenoxy) is 2. The van der Waals surface area contributed by atoms with Crippen molar-refractivity contribution in [3.8, 4) is 11.5 Å². The van der Waals surface area contributed by atoms with Gasteiger partial charge in [-0.3, -0.25) is 4.79 Å². The Balaban J connectivity index is 1.51. The van der Waals surface area contributed by atoms with Crippen LogP contribution in [0.25, 0.3) is 5.52 Å². The minimum atomic E-state index is -3.95. The second kappa shape index (κ2) is 8.44. The number of benzene rings is 1. The van der Waals surface area contributed by atoms with Crippen LogP contribution in [0.5, 0.6) is 11.5 Å². The van der Waals surface area contributed by atoms with Gasteiger partial charge in [0, 0.05) is 44.2 Å². The van der Waals surface area contributed by atoms with Crippen LogP contribution in [0.3, 0.4) is 0 Å². The highest BCUT2D eigenvalue weighted by molar-refractivity contribution is 7.87. The summed E-state index contributed by atoms with van der Waals surface area (Å²) < 4.78 is 54.5. The van der Waals surface area contributed by atoms with E-state index in [1.54, 1.807) is 12.3 Å². The molecule has 2 aromatic heterocycles. The lowest BCUT2D eigenvalue weighted by molar-refractivity contribution is 0.0981. The van der Waals surface area contributed by atoms with Crippen molar-refractivity contribution < 1.29 is 27.1 Å². The quantitative estimate of drug-likeness (QED) is 0.585. The normalized spacial score (nSPS) is 18.0. The maximum atomic E-state index is 14.4. The Kier molecular flexibility index (Phi) is 5.56. The molecule has 0 saturated carbocycles. The number of pyridine rings is 1. The zero-order valence-corrected chi connectivity index (χ0v) is 19.5. The molecule has 2 aliphatic rings. The molecule has 0 aliphatic carbocycles. The van der Waals surface area contributed by atoms with Gasteiger partial charge in [0.1, 0.15) is 19.0 Å². The largest absolute Gasteiger partial charge is 0.486 e. The van der Waals surface area contributed by atoms with Crippen molar-refractivity contribution >= 4 is 27.3 Å². The van der Waals surface area contributed by atoms with Crippen molar-refractivity contribution in [2.75, 3.05) is 38.8 Å². The average molecular weight is 490 g/mol. The number of amides is 1. The Hall–Kier alpha value is -3.38. The molecule has 34 heavy (non-hydrogen) atoms. The summed E-state index contributed by atoms with van der Waals surface area (Å²) in [5, 5.41) is 4.17. The van der Waals surface area contributed by atoms with Crippen molar-refractivity contribution in [2.24, 2.45) is 0 Å². The van der Waals surface area contributed by atoms with Crippen LogP contribution in [-0.2, 0) is 10.2 Å². The van der Waals surface area contributed by atoms with Gasteiger partial charge in [-0.05, 0) is 31.0 Å². The number of hydrogen-bond donors (Lipinski definition) is 1. The molecule has 4 heterocycles. The third kappa shape index (κ3) is 3.92. The van der Waals surface area contributed by atoms with Crippen LogP contribution >= 0.6 is 0 Å². The molecule has 180 valence electrons. The topological polar surface area (TPSA) is 105 Å². The summed E-state index contributed by atoms with van der Waals surface area (Å²) in [5.41, 5.74) is 2.10. The van der Waals surface area contributed by atoms with E-state index in [1.807, 2.05) is 10.8 Å². The number of rotatable bonds is 5. The maximum Gasteiger partial charge on any atom is 0.303 e. The van der Waals surface area contributed by atoms with Gasteiger partial charge in [-0.1, -0.05) is 0 Å². The highest BCUT2D eigenvalue weighted by atomic mass is 32.2. The molecule has 3 aromatic rings. The van der Waals surface area contributed by atoms with Gasteiger partial charge in [-0.25, -0.2) is 13.6 Å². The second-order valence-electron chi connectivity index (χ2n) is 8.36. The highest BCUT2D eigenvalue weighted by Gasteiger charge is 2.32. The number of anilines is 1. The molecule has 1 amide bonds. The number of halogens is 1. The fraction of sp³-hybridized carbons (Fsp3) is 0.364. The minimum absolute atomic E-state index is 0.128. The predicted molar refractivity (Wildman–Crippen MR) is 122 cm³/mol. The maximum absolute atomic E-state index is 14.4. The zero-order valence-electron chi connectivity index (χ0n) is 18.7. The van der Waals surface area contributed by atoms with E-state index in [2.05, 4.69) is 10.00 Å². The average Bonchev–Trinajstić information content (AvgIpc) is 3.45. The molecule has 1 unspecified atom stereocenters. The summed E-state index contributed by atoms with van der Waals surface area (Å²) >= 11 is 0. The molecule has 12 heteroatoms. The van der Waals surface area contributed by atoms with Crippen molar-refractivity contribution in [3.05, 3.63) is 53.6 Å². The van der Waals surface area contributed by atoms with Crippen LogP contribution in [0.4, 0.5) is 10.1 Å². The van der Waals surface area contributed by atoms with E-state index in [1.165, 1.54) is 36.9 Å². The number of carbonyl (C=O) groups is 1. The lowest BCUT2D eigenvalue weighted by Gasteiger charge is -2.30. The summed E-state index contributed by atoms with van der Waals surface area (Å²) in [6.07, 6.45) is 4.71. The number of fused-ring (bicyclic) bond motifs is 2. The van der Waals surface area contributed by atoms with Crippen LogP contribution < -0.4 is 19.1 Å². The van der Waals surface area contributed by atoms with Crippen molar-refractivity contribution in [1.82, 2.24) is 18.6 Å². The summed E-state index contributed by atoms with van der Waals surface area (Å²) in [4.78, 5) is 14.8. The molecule has 5 rings (SSSR count). The SMILES string of the molecule is CN(C)S(=O)(=O)NC(=O)c1cnn2ccc(N3CCCC3c3cc(F)cc4c3OCCO4)cc12. The molecule has 1 saturated heterocycles. The fourth-order valence-corrected chi connectivity index (χ4v) is 4.91. The fourth-order valence-electron chi connectivity index (χ4n) is 4.38. The second-order valence-corrected chi connectivity index (χ2v) is 10.2. The summed E-state index contributed by atoms with van der Waals surface area (Å²) in [6, 6.07) is 6.31. The first-order chi connectivity index (χ1) is 16.2. The molecule has 10 nitrogen and oxygen atoms in total. The number of nitrogens with one attached hydrogen (secondary N) is 1. The van der Waals surface area contributed by atoms with Gasteiger partial charge in [-0.2, -0.15) is 17.8 Å². The summed E-state index contributed by atoms with van der Waals surface area (Å²) in [7, 11) is -1.29. The van der Waals surface area contributed by atoms with Crippen LogP contribution in [0.2, 0.25) is 0 Å². The third-order valence-electron chi connectivity index (χ3n) is 6.03. The van der Waals surface area contributed by atoms with Crippen LogP contribution in [0.1, 0.15) is 34.8 Å². The van der Waals surface area contributed by atoms with Crippen molar-refractivity contribution in [3.63, 3.8) is 0 Å². The molecular weight excluding hydrogens is 465 g/mol. The Morgan fingerprint density at radius 2 is 2.03 bits per heavy atom. The summed E-state index contributed by atoms with van der Waals surface area (Å²) in [6.45, 7) is 1.49. The molecule has 2 aliphatic heterocycles. The molecule has 0 spiro atoms. The lowest BCUT2D eigenvalue weighted by Crippen LogP contribution is -2.39. The Morgan fingerprint density at radius 3 is 2.82 bits per heavy atom. The monoisotopic (exact) mass is 489 g/mol. The first kappa shape index (κ1) is 22.4. The van der Waals surface area contributed by atoms with Gasteiger partial charge in [0.15, 0.2) is 11.5 Å². The van der Waals surface area contributed by atoms with Crippen LogP contribution in [0.15, 0.2) is 36.7 Å².